The monoisotopic (exact) mass is 217 g/mol. The first-order chi connectivity index (χ1) is 6.27. The van der Waals surface area contributed by atoms with Crippen LogP contribution in [-0.4, -0.2) is 22.1 Å². The number of anilines is 1. The van der Waals surface area contributed by atoms with Gasteiger partial charge in [0.15, 0.2) is 5.16 Å². The van der Waals surface area contributed by atoms with Crippen LogP contribution >= 0.6 is 23.4 Å². The minimum absolute atomic E-state index is 0.574. The van der Waals surface area contributed by atoms with Gasteiger partial charge >= 0.3 is 0 Å². The first-order valence-corrected chi connectivity index (χ1v) is 5.75. The number of thioether (sulfide) groups is 1. The van der Waals surface area contributed by atoms with Gasteiger partial charge in [-0.25, -0.2) is 9.97 Å². The maximum Gasteiger partial charge on any atom is 0.189 e. The highest BCUT2D eigenvalue weighted by Crippen LogP contribution is 2.14. The molecule has 0 fully saturated rings. The number of nitrogens with zero attached hydrogens (tertiary/aromatic N) is 2. The lowest BCUT2D eigenvalue weighted by Crippen LogP contribution is -2.01. The number of nitrogens with two attached hydrogens (primary N) is 1. The average molecular weight is 218 g/mol. The Balaban J connectivity index is 2.73. The lowest BCUT2D eigenvalue weighted by molar-refractivity contribution is 0.879. The molecule has 1 aromatic rings. The lowest BCUT2D eigenvalue weighted by Gasteiger charge is -2.03. The number of aromatic nitrogens is 2. The number of hydrogen-bond acceptors (Lipinski definition) is 4. The van der Waals surface area contributed by atoms with Gasteiger partial charge in [-0.1, -0.05) is 11.8 Å². The van der Waals surface area contributed by atoms with Crippen molar-refractivity contribution in [1.29, 1.82) is 0 Å². The van der Waals surface area contributed by atoms with Crippen LogP contribution in [0.1, 0.15) is 12.0 Å². The van der Waals surface area contributed by atoms with E-state index in [1.807, 2.05) is 6.26 Å². The standard InChI is InChI=1S/C8H12ClN3S/c1-13-8-11-5-6(3-2-4-9)7(10)12-8/h5H,2-4H2,1H3,(H2,10,11,12). The van der Waals surface area contributed by atoms with Crippen LogP contribution in [0.4, 0.5) is 5.82 Å². The van der Waals surface area contributed by atoms with E-state index in [-0.39, 0.29) is 0 Å². The van der Waals surface area contributed by atoms with Crippen molar-refractivity contribution >= 4 is 29.2 Å². The van der Waals surface area contributed by atoms with Crippen LogP contribution in [0.15, 0.2) is 11.4 Å². The normalized spacial score (nSPS) is 10.3. The third kappa shape index (κ3) is 3.04. The van der Waals surface area contributed by atoms with Gasteiger partial charge in [0.2, 0.25) is 0 Å². The molecule has 0 saturated heterocycles. The topological polar surface area (TPSA) is 51.8 Å². The molecular formula is C8H12ClN3S. The predicted molar refractivity (Wildman–Crippen MR) is 57.3 cm³/mol. The summed E-state index contributed by atoms with van der Waals surface area (Å²) >= 11 is 7.06. The molecular weight excluding hydrogens is 206 g/mol. The van der Waals surface area contributed by atoms with E-state index < -0.39 is 0 Å². The summed E-state index contributed by atoms with van der Waals surface area (Å²) < 4.78 is 0. The Morgan fingerprint density at radius 1 is 1.62 bits per heavy atom. The van der Waals surface area contributed by atoms with Gasteiger partial charge in [-0.3, -0.25) is 0 Å². The first kappa shape index (κ1) is 10.6. The number of rotatable bonds is 4. The van der Waals surface area contributed by atoms with Crippen molar-refractivity contribution in [2.45, 2.75) is 18.0 Å². The molecule has 13 heavy (non-hydrogen) atoms. The molecule has 0 unspecified atom stereocenters. The Morgan fingerprint density at radius 2 is 2.38 bits per heavy atom. The van der Waals surface area contributed by atoms with Gasteiger partial charge in [-0.05, 0) is 19.1 Å². The molecule has 0 bridgehead atoms. The second-order valence-corrected chi connectivity index (χ2v) is 3.71. The molecule has 2 N–H and O–H groups in total. The van der Waals surface area contributed by atoms with Gasteiger partial charge in [-0.2, -0.15) is 0 Å². The SMILES string of the molecule is CSc1ncc(CCCCl)c(N)n1. The predicted octanol–water partition coefficient (Wildman–Crippen LogP) is 1.95. The Hall–Kier alpha value is -0.480. The number of alkyl halides is 1. The third-order valence-corrected chi connectivity index (χ3v) is 2.47. The fraction of sp³-hybridized carbons (Fsp3) is 0.500. The van der Waals surface area contributed by atoms with Gasteiger partial charge in [0.1, 0.15) is 5.82 Å². The van der Waals surface area contributed by atoms with E-state index in [1.165, 1.54) is 11.8 Å². The van der Waals surface area contributed by atoms with Crippen LogP contribution in [0.25, 0.3) is 0 Å². The molecule has 1 rings (SSSR count). The molecule has 0 aliphatic carbocycles. The fourth-order valence-electron chi connectivity index (χ4n) is 0.951. The number of hydrogen-bond donors (Lipinski definition) is 1. The van der Waals surface area contributed by atoms with E-state index in [4.69, 9.17) is 17.3 Å². The van der Waals surface area contributed by atoms with Crippen LogP contribution < -0.4 is 5.73 Å². The molecule has 0 radical (unpaired) electrons. The number of nitrogen functional groups attached to an aromatic ring is 1. The van der Waals surface area contributed by atoms with Crippen molar-refractivity contribution in [1.82, 2.24) is 9.97 Å². The van der Waals surface area contributed by atoms with E-state index in [2.05, 4.69) is 9.97 Å². The minimum atomic E-state index is 0.574. The Morgan fingerprint density at radius 3 is 2.92 bits per heavy atom. The fourth-order valence-corrected chi connectivity index (χ4v) is 1.43. The van der Waals surface area contributed by atoms with Crippen LogP contribution in [0.2, 0.25) is 0 Å². The van der Waals surface area contributed by atoms with Crippen molar-refractivity contribution in [2.75, 3.05) is 17.9 Å². The highest BCUT2D eigenvalue weighted by atomic mass is 35.5. The maximum atomic E-state index is 5.73. The summed E-state index contributed by atoms with van der Waals surface area (Å²) in [7, 11) is 0. The van der Waals surface area contributed by atoms with E-state index >= 15 is 0 Å². The van der Waals surface area contributed by atoms with Crippen molar-refractivity contribution in [2.24, 2.45) is 0 Å². The van der Waals surface area contributed by atoms with Crippen molar-refractivity contribution in [3.8, 4) is 0 Å². The van der Waals surface area contributed by atoms with Crippen molar-refractivity contribution in [3.63, 3.8) is 0 Å². The molecule has 0 spiro atoms. The maximum absolute atomic E-state index is 5.73. The first-order valence-electron chi connectivity index (χ1n) is 3.99. The molecule has 0 aliphatic heterocycles. The van der Waals surface area contributed by atoms with Gasteiger partial charge in [0.05, 0.1) is 0 Å². The van der Waals surface area contributed by atoms with Crippen LogP contribution in [0.3, 0.4) is 0 Å². The van der Waals surface area contributed by atoms with Crippen LogP contribution in [-0.2, 0) is 6.42 Å². The van der Waals surface area contributed by atoms with Crippen molar-refractivity contribution < 1.29 is 0 Å². The van der Waals surface area contributed by atoms with E-state index in [9.17, 15) is 0 Å². The summed E-state index contributed by atoms with van der Waals surface area (Å²) in [4.78, 5) is 8.27. The summed E-state index contributed by atoms with van der Waals surface area (Å²) in [6.45, 7) is 0. The van der Waals surface area contributed by atoms with Crippen molar-refractivity contribution in [3.05, 3.63) is 11.8 Å². The Bertz CT molecular complexity index is 280. The average Bonchev–Trinajstić information content (AvgIpc) is 2.16. The molecule has 0 atom stereocenters. The largest absolute Gasteiger partial charge is 0.383 e. The highest BCUT2D eigenvalue weighted by Gasteiger charge is 2.02. The van der Waals surface area contributed by atoms with Crippen LogP contribution in [0, 0.1) is 0 Å². The molecule has 1 heterocycles. The highest BCUT2D eigenvalue weighted by molar-refractivity contribution is 7.98. The molecule has 0 saturated carbocycles. The van der Waals surface area contributed by atoms with Gasteiger partial charge < -0.3 is 5.73 Å². The quantitative estimate of drug-likeness (QED) is 0.476. The summed E-state index contributed by atoms with van der Waals surface area (Å²) in [6.07, 6.45) is 5.46. The van der Waals surface area contributed by atoms with E-state index in [1.54, 1.807) is 6.20 Å². The summed E-state index contributed by atoms with van der Waals surface area (Å²) in [5.41, 5.74) is 6.71. The second kappa shape index (κ2) is 5.29. The summed E-state index contributed by atoms with van der Waals surface area (Å²) in [5.74, 6) is 1.22. The zero-order valence-electron chi connectivity index (χ0n) is 7.46. The summed E-state index contributed by atoms with van der Waals surface area (Å²) in [6, 6.07) is 0. The minimum Gasteiger partial charge on any atom is -0.383 e. The smallest absolute Gasteiger partial charge is 0.189 e. The summed E-state index contributed by atoms with van der Waals surface area (Å²) in [5, 5.41) is 0.715. The van der Waals surface area contributed by atoms with Gasteiger partial charge in [0, 0.05) is 17.6 Å². The molecule has 0 aromatic carbocycles. The molecule has 0 aliphatic rings. The molecule has 0 amide bonds. The Kier molecular flexibility index (Phi) is 4.32. The lowest BCUT2D eigenvalue weighted by atomic mass is 10.2. The number of halogens is 1. The Labute approximate surface area is 87.1 Å². The molecule has 5 heteroatoms. The zero-order chi connectivity index (χ0) is 9.68. The van der Waals surface area contributed by atoms with E-state index in [0.29, 0.717) is 16.9 Å². The van der Waals surface area contributed by atoms with E-state index in [0.717, 1.165) is 18.4 Å². The van der Waals surface area contributed by atoms with Gasteiger partial charge in [0.25, 0.3) is 0 Å². The van der Waals surface area contributed by atoms with Gasteiger partial charge in [-0.15, -0.1) is 11.6 Å². The molecule has 1 aromatic heterocycles. The zero-order valence-corrected chi connectivity index (χ0v) is 9.03. The number of aryl methyl sites for hydroxylation is 1. The molecule has 72 valence electrons. The second-order valence-electron chi connectivity index (χ2n) is 2.56. The molecule has 3 nitrogen and oxygen atoms in total. The third-order valence-electron chi connectivity index (χ3n) is 1.64. The van der Waals surface area contributed by atoms with Crippen LogP contribution in [0.5, 0.6) is 0 Å².